The van der Waals surface area contributed by atoms with Gasteiger partial charge in [0.2, 0.25) is 0 Å². The van der Waals surface area contributed by atoms with Crippen LogP contribution in [0.4, 0.5) is 26.3 Å². The van der Waals surface area contributed by atoms with E-state index in [1.807, 2.05) is 0 Å². The minimum absolute atomic E-state index is 0. The van der Waals surface area contributed by atoms with E-state index in [9.17, 15) is 26.3 Å². The van der Waals surface area contributed by atoms with E-state index in [1.165, 1.54) is 13.8 Å². The van der Waals surface area contributed by atoms with E-state index >= 15 is 0 Å². The maximum Gasteiger partial charge on any atom is 0.433 e. The molecule has 0 aliphatic carbocycles. The van der Waals surface area contributed by atoms with Crippen molar-refractivity contribution in [2.24, 2.45) is 7.05 Å². The summed E-state index contributed by atoms with van der Waals surface area (Å²) in [6.45, 7) is 3.74. The molecule has 0 saturated carbocycles. The summed E-state index contributed by atoms with van der Waals surface area (Å²) in [5, 5.41) is 3.79. The molecule has 0 atom stereocenters. The minimum Gasteiger partial charge on any atom is -0.263 e. The van der Waals surface area contributed by atoms with E-state index in [0.29, 0.717) is 4.68 Å². The van der Waals surface area contributed by atoms with Crippen molar-refractivity contribution in [2.75, 3.05) is 0 Å². The van der Waals surface area contributed by atoms with Gasteiger partial charge in [0.25, 0.3) is 0 Å². The van der Waals surface area contributed by atoms with E-state index in [2.05, 4.69) is 10.1 Å². The SMILES string of the molecule is C.Cc1cc(C(F)(F)F)c(C)nc1-c1nn(C)c(C(F)(F)F)c1C. The molecule has 24 heavy (non-hydrogen) atoms. The molecule has 3 nitrogen and oxygen atoms in total. The van der Waals surface area contributed by atoms with Crippen molar-refractivity contribution in [3.63, 3.8) is 0 Å². The lowest BCUT2D eigenvalue weighted by Gasteiger charge is -2.13. The average molecular weight is 353 g/mol. The lowest BCUT2D eigenvalue weighted by atomic mass is 10.0. The first-order chi connectivity index (χ1) is 10.3. The highest BCUT2D eigenvalue weighted by Crippen LogP contribution is 2.38. The Labute approximate surface area is 135 Å². The normalized spacial score (nSPS) is 12.2. The van der Waals surface area contributed by atoms with Crippen LogP contribution in [-0.2, 0) is 19.4 Å². The summed E-state index contributed by atoms with van der Waals surface area (Å²) in [6.07, 6.45) is -9.18. The van der Waals surface area contributed by atoms with Crippen LogP contribution in [0.15, 0.2) is 6.07 Å². The van der Waals surface area contributed by atoms with Crippen LogP contribution in [0.1, 0.15) is 35.5 Å². The van der Waals surface area contributed by atoms with Gasteiger partial charge in [0.15, 0.2) is 0 Å². The summed E-state index contributed by atoms with van der Waals surface area (Å²) in [7, 11) is 1.13. The highest BCUT2D eigenvalue weighted by molar-refractivity contribution is 5.64. The molecule has 0 amide bonds. The molecule has 0 aliphatic heterocycles. The van der Waals surface area contributed by atoms with Crippen molar-refractivity contribution >= 4 is 0 Å². The van der Waals surface area contributed by atoms with E-state index in [-0.39, 0.29) is 35.6 Å². The standard InChI is InChI=1S/C14H13F6N3.CH4/c1-6-5-9(13(15,16)17)8(3)21-10(6)11-7(2)12(14(18,19)20)23(4)22-11;/h5H,1-4H3;1H4. The number of nitrogens with zero attached hydrogens (tertiary/aromatic N) is 3. The third-order valence-corrected chi connectivity index (χ3v) is 3.49. The highest BCUT2D eigenvalue weighted by Gasteiger charge is 2.39. The third-order valence-electron chi connectivity index (χ3n) is 3.49. The summed E-state index contributed by atoms with van der Waals surface area (Å²) < 4.78 is 78.3. The van der Waals surface area contributed by atoms with Gasteiger partial charge < -0.3 is 0 Å². The molecule has 9 heteroatoms. The van der Waals surface area contributed by atoms with Crippen LogP contribution in [-0.4, -0.2) is 14.8 Å². The lowest BCUT2D eigenvalue weighted by Crippen LogP contribution is -2.13. The molecule has 2 aromatic heterocycles. The number of alkyl halides is 6. The predicted molar refractivity (Wildman–Crippen MR) is 77.4 cm³/mol. The van der Waals surface area contributed by atoms with Crippen molar-refractivity contribution < 1.29 is 26.3 Å². The molecular formula is C15H17F6N3. The quantitative estimate of drug-likeness (QED) is 0.669. The molecule has 134 valence electrons. The first-order valence-corrected chi connectivity index (χ1v) is 6.50. The highest BCUT2D eigenvalue weighted by atomic mass is 19.4. The summed E-state index contributed by atoms with van der Waals surface area (Å²) >= 11 is 0. The summed E-state index contributed by atoms with van der Waals surface area (Å²) in [4.78, 5) is 3.84. The second-order valence-electron chi connectivity index (χ2n) is 5.23. The Hall–Kier alpha value is -2.06. The van der Waals surface area contributed by atoms with E-state index in [0.717, 1.165) is 20.0 Å². The molecule has 0 unspecified atom stereocenters. The van der Waals surface area contributed by atoms with Gasteiger partial charge in [-0.25, -0.2) is 0 Å². The predicted octanol–water partition coefficient (Wildman–Crippen LogP) is 5.08. The Morgan fingerprint density at radius 2 is 1.46 bits per heavy atom. The van der Waals surface area contributed by atoms with Crippen LogP contribution in [0.3, 0.4) is 0 Å². The van der Waals surface area contributed by atoms with Crippen LogP contribution >= 0.6 is 0 Å². The first-order valence-electron chi connectivity index (χ1n) is 6.50. The van der Waals surface area contributed by atoms with Gasteiger partial charge in [0.1, 0.15) is 11.4 Å². The molecule has 0 saturated heterocycles. The molecular weight excluding hydrogens is 336 g/mol. The Kier molecular flexibility index (Phi) is 5.08. The molecule has 2 aromatic rings. The molecule has 0 aliphatic rings. The Bertz CT molecular complexity index is 756. The van der Waals surface area contributed by atoms with E-state index < -0.39 is 23.6 Å². The van der Waals surface area contributed by atoms with Crippen LogP contribution in [0.2, 0.25) is 0 Å². The fourth-order valence-electron chi connectivity index (χ4n) is 2.48. The van der Waals surface area contributed by atoms with Crippen LogP contribution in [0.5, 0.6) is 0 Å². The first kappa shape index (κ1) is 20.0. The number of aromatic nitrogens is 3. The fourth-order valence-corrected chi connectivity index (χ4v) is 2.48. The van der Waals surface area contributed by atoms with Gasteiger partial charge in [0.05, 0.1) is 17.0 Å². The van der Waals surface area contributed by atoms with Gasteiger partial charge in [-0.2, -0.15) is 31.4 Å². The summed E-state index contributed by atoms with van der Waals surface area (Å²) in [5.41, 5.74) is -2.30. The number of aryl methyl sites for hydroxylation is 3. The number of hydrogen-bond acceptors (Lipinski definition) is 2. The zero-order chi connectivity index (χ0) is 17.7. The molecule has 0 fully saturated rings. The smallest absolute Gasteiger partial charge is 0.263 e. The topological polar surface area (TPSA) is 30.7 Å². The number of pyridine rings is 1. The molecule has 0 aromatic carbocycles. The zero-order valence-corrected chi connectivity index (χ0v) is 12.7. The van der Waals surface area contributed by atoms with E-state index in [4.69, 9.17) is 0 Å². The summed E-state index contributed by atoms with van der Waals surface area (Å²) in [5.74, 6) is 0. The van der Waals surface area contributed by atoms with Gasteiger partial charge in [-0.1, -0.05) is 7.43 Å². The zero-order valence-electron chi connectivity index (χ0n) is 12.7. The second-order valence-corrected chi connectivity index (χ2v) is 5.23. The Balaban J connectivity index is 0.00000288. The molecule has 0 N–H and O–H groups in total. The minimum atomic E-state index is -4.61. The second kappa shape index (κ2) is 6.10. The third kappa shape index (κ3) is 3.39. The molecule has 2 rings (SSSR count). The number of halogens is 6. The van der Waals surface area contributed by atoms with Crippen LogP contribution < -0.4 is 0 Å². The van der Waals surface area contributed by atoms with Crippen LogP contribution in [0.25, 0.3) is 11.4 Å². The van der Waals surface area contributed by atoms with Gasteiger partial charge in [-0.3, -0.25) is 9.67 Å². The van der Waals surface area contributed by atoms with Gasteiger partial charge in [-0.05, 0) is 32.4 Å². The average Bonchev–Trinajstić information content (AvgIpc) is 2.65. The van der Waals surface area contributed by atoms with Crippen molar-refractivity contribution in [1.29, 1.82) is 0 Å². The van der Waals surface area contributed by atoms with Gasteiger partial charge >= 0.3 is 12.4 Å². The molecule has 0 radical (unpaired) electrons. The number of rotatable bonds is 1. The Morgan fingerprint density at radius 1 is 0.917 bits per heavy atom. The van der Waals surface area contributed by atoms with Crippen molar-refractivity contribution in [3.8, 4) is 11.4 Å². The van der Waals surface area contributed by atoms with Gasteiger partial charge in [0, 0.05) is 12.6 Å². The van der Waals surface area contributed by atoms with Gasteiger partial charge in [-0.15, -0.1) is 0 Å². The van der Waals surface area contributed by atoms with Crippen molar-refractivity contribution in [1.82, 2.24) is 14.8 Å². The van der Waals surface area contributed by atoms with Crippen molar-refractivity contribution in [3.05, 3.63) is 34.1 Å². The van der Waals surface area contributed by atoms with Crippen molar-refractivity contribution in [2.45, 2.75) is 40.6 Å². The summed E-state index contributed by atoms with van der Waals surface area (Å²) in [6, 6.07) is 0.874. The van der Waals surface area contributed by atoms with Crippen LogP contribution in [0, 0.1) is 20.8 Å². The van der Waals surface area contributed by atoms with E-state index in [1.54, 1.807) is 0 Å². The largest absolute Gasteiger partial charge is 0.433 e. The Morgan fingerprint density at radius 3 is 1.88 bits per heavy atom. The molecule has 0 spiro atoms. The molecule has 0 bridgehead atoms. The number of hydrogen-bond donors (Lipinski definition) is 0. The maximum atomic E-state index is 13.0. The fraction of sp³-hybridized carbons (Fsp3) is 0.467. The maximum absolute atomic E-state index is 13.0. The lowest BCUT2D eigenvalue weighted by molar-refractivity contribution is -0.144. The molecule has 2 heterocycles. The monoisotopic (exact) mass is 353 g/mol.